The number of aromatic nitrogens is 4. The normalized spacial score (nSPS) is 13.9. The first-order valence-corrected chi connectivity index (χ1v) is 10.1. The maximum Gasteiger partial charge on any atom is 0.160 e. The maximum atomic E-state index is 4.82. The molecule has 1 aromatic carbocycles. The van der Waals surface area contributed by atoms with E-state index in [1.54, 1.807) is 0 Å². The van der Waals surface area contributed by atoms with Crippen LogP contribution in [0.2, 0.25) is 0 Å². The second-order valence-electron chi connectivity index (χ2n) is 7.53. The van der Waals surface area contributed by atoms with Gasteiger partial charge in [0.05, 0.1) is 11.9 Å². The van der Waals surface area contributed by atoms with Gasteiger partial charge >= 0.3 is 0 Å². The smallest absolute Gasteiger partial charge is 0.160 e. The molecule has 6 heteroatoms. The summed E-state index contributed by atoms with van der Waals surface area (Å²) in [6, 6.07) is 16.6. The second-order valence-corrected chi connectivity index (χ2v) is 7.53. The van der Waals surface area contributed by atoms with Crippen LogP contribution in [-0.2, 0) is 6.54 Å². The van der Waals surface area contributed by atoms with Crippen LogP contribution in [0.5, 0.6) is 0 Å². The number of benzene rings is 1. The third-order valence-electron chi connectivity index (χ3n) is 5.43. The first-order chi connectivity index (χ1) is 14.3. The van der Waals surface area contributed by atoms with Crippen molar-refractivity contribution in [3.05, 3.63) is 72.1 Å². The Labute approximate surface area is 170 Å². The highest BCUT2D eigenvalue weighted by Crippen LogP contribution is 2.24. The van der Waals surface area contributed by atoms with Crippen molar-refractivity contribution in [3.8, 4) is 11.3 Å². The molecule has 4 heterocycles. The van der Waals surface area contributed by atoms with Gasteiger partial charge in [0.15, 0.2) is 5.65 Å². The Kier molecular flexibility index (Phi) is 4.60. The van der Waals surface area contributed by atoms with Gasteiger partial charge in [-0.2, -0.15) is 9.61 Å². The van der Waals surface area contributed by atoms with Crippen LogP contribution in [0.4, 0.5) is 11.6 Å². The molecule has 3 aromatic heterocycles. The van der Waals surface area contributed by atoms with E-state index in [0.717, 1.165) is 52.8 Å². The highest BCUT2D eigenvalue weighted by molar-refractivity contribution is 5.67. The Balaban J connectivity index is 1.41. The fourth-order valence-electron chi connectivity index (χ4n) is 3.80. The summed E-state index contributed by atoms with van der Waals surface area (Å²) in [5.74, 6) is 2.00. The van der Waals surface area contributed by atoms with Crippen molar-refractivity contribution in [2.45, 2.75) is 26.3 Å². The standard InChI is InChI=1S/C23H24N6/c1-17-14-26-29-22(13-20(27-23(17)29)19-7-3-2-4-8-19)25-16-18-9-10-21(24-15-18)28-11-5-6-12-28/h2-4,7-10,13-15,25H,5-6,11-12,16H2,1H3. The van der Waals surface area contributed by atoms with Gasteiger partial charge in [-0.25, -0.2) is 9.97 Å². The molecular formula is C23H24N6. The summed E-state index contributed by atoms with van der Waals surface area (Å²) in [6.07, 6.45) is 6.34. The van der Waals surface area contributed by atoms with Crippen molar-refractivity contribution in [1.82, 2.24) is 19.6 Å². The van der Waals surface area contributed by atoms with E-state index in [2.05, 4.69) is 50.6 Å². The maximum absolute atomic E-state index is 4.82. The predicted octanol–water partition coefficient (Wildman–Crippen LogP) is 4.31. The number of aryl methyl sites for hydroxylation is 1. The van der Waals surface area contributed by atoms with Gasteiger partial charge in [0.2, 0.25) is 0 Å². The Bertz CT molecular complexity index is 1110. The molecule has 0 spiro atoms. The van der Waals surface area contributed by atoms with E-state index < -0.39 is 0 Å². The topological polar surface area (TPSA) is 58.4 Å². The highest BCUT2D eigenvalue weighted by Gasteiger charge is 2.13. The van der Waals surface area contributed by atoms with E-state index >= 15 is 0 Å². The zero-order valence-corrected chi connectivity index (χ0v) is 16.5. The molecule has 1 fully saturated rings. The number of nitrogens with zero attached hydrogens (tertiary/aromatic N) is 5. The van der Waals surface area contributed by atoms with Crippen molar-refractivity contribution in [3.63, 3.8) is 0 Å². The molecule has 0 radical (unpaired) electrons. The summed E-state index contributed by atoms with van der Waals surface area (Å²) < 4.78 is 1.87. The lowest BCUT2D eigenvalue weighted by molar-refractivity contribution is 0.917. The van der Waals surface area contributed by atoms with E-state index in [-0.39, 0.29) is 0 Å². The molecule has 1 aliphatic rings. The Morgan fingerprint density at radius 1 is 1.00 bits per heavy atom. The van der Waals surface area contributed by atoms with Crippen molar-refractivity contribution in [1.29, 1.82) is 0 Å². The molecule has 1 aliphatic heterocycles. The average molecular weight is 384 g/mol. The van der Waals surface area contributed by atoms with Crippen molar-refractivity contribution >= 4 is 17.3 Å². The summed E-state index contributed by atoms with van der Waals surface area (Å²) in [4.78, 5) is 11.8. The quantitative estimate of drug-likeness (QED) is 0.556. The van der Waals surface area contributed by atoms with Crippen LogP contribution in [-0.4, -0.2) is 32.7 Å². The average Bonchev–Trinajstić information content (AvgIpc) is 3.44. The fraction of sp³-hybridized carbons (Fsp3) is 0.261. The van der Waals surface area contributed by atoms with E-state index in [0.29, 0.717) is 6.54 Å². The van der Waals surface area contributed by atoms with Gasteiger partial charge in [0.25, 0.3) is 0 Å². The van der Waals surface area contributed by atoms with Crippen LogP contribution < -0.4 is 10.2 Å². The zero-order valence-electron chi connectivity index (χ0n) is 16.5. The molecule has 0 atom stereocenters. The van der Waals surface area contributed by atoms with Gasteiger partial charge in [-0.3, -0.25) is 0 Å². The minimum absolute atomic E-state index is 0.680. The van der Waals surface area contributed by atoms with Crippen LogP contribution in [0.25, 0.3) is 16.9 Å². The molecule has 146 valence electrons. The summed E-state index contributed by atoms with van der Waals surface area (Å²) in [5, 5.41) is 8.02. The summed E-state index contributed by atoms with van der Waals surface area (Å²) >= 11 is 0. The van der Waals surface area contributed by atoms with Gasteiger partial charge in [0, 0.05) is 43.0 Å². The fourth-order valence-corrected chi connectivity index (χ4v) is 3.80. The molecule has 0 bridgehead atoms. The highest BCUT2D eigenvalue weighted by atomic mass is 15.3. The molecular weight excluding hydrogens is 360 g/mol. The Morgan fingerprint density at radius 2 is 1.83 bits per heavy atom. The molecule has 1 N–H and O–H groups in total. The molecule has 6 nitrogen and oxygen atoms in total. The molecule has 1 saturated heterocycles. The molecule has 4 aromatic rings. The lowest BCUT2D eigenvalue weighted by atomic mass is 10.1. The predicted molar refractivity (Wildman–Crippen MR) is 116 cm³/mol. The lowest BCUT2D eigenvalue weighted by Crippen LogP contribution is -2.18. The van der Waals surface area contributed by atoms with E-state index in [9.17, 15) is 0 Å². The van der Waals surface area contributed by atoms with Crippen LogP contribution in [0.1, 0.15) is 24.0 Å². The monoisotopic (exact) mass is 384 g/mol. The number of hydrogen-bond donors (Lipinski definition) is 1. The van der Waals surface area contributed by atoms with Gasteiger partial charge in [-0.1, -0.05) is 36.4 Å². The molecule has 0 unspecified atom stereocenters. The summed E-state index contributed by atoms with van der Waals surface area (Å²) in [6.45, 7) is 4.94. The molecule has 5 rings (SSSR count). The number of anilines is 2. The third kappa shape index (κ3) is 3.53. The van der Waals surface area contributed by atoms with E-state index in [4.69, 9.17) is 4.98 Å². The molecule has 0 aliphatic carbocycles. The first kappa shape index (κ1) is 17.7. The zero-order chi connectivity index (χ0) is 19.6. The largest absolute Gasteiger partial charge is 0.366 e. The van der Waals surface area contributed by atoms with Crippen LogP contribution in [0.15, 0.2) is 60.9 Å². The summed E-state index contributed by atoms with van der Waals surface area (Å²) in [7, 11) is 0. The summed E-state index contributed by atoms with van der Waals surface area (Å²) in [5.41, 5.74) is 5.10. The first-order valence-electron chi connectivity index (χ1n) is 10.1. The molecule has 0 saturated carbocycles. The number of pyridine rings is 1. The van der Waals surface area contributed by atoms with Crippen LogP contribution in [0, 0.1) is 6.92 Å². The number of fused-ring (bicyclic) bond motifs is 1. The van der Waals surface area contributed by atoms with E-state index in [1.165, 1.54) is 12.8 Å². The van der Waals surface area contributed by atoms with Crippen molar-refractivity contribution in [2.75, 3.05) is 23.3 Å². The van der Waals surface area contributed by atoms with Crippen molar-refractivity contribution < 1.29 is 0 Å². The number of rotatable bonds is 5. The Morgan fingerprint density at radius 3 is 2.59 bits per heavy atom. The SMILES string of the molecule is Cc1cnn2c(NCc3ccc(N4CCCC4)nc3)cc(-c3ccccc3)nc12. The second kappa shape index (κ2) is 7.54. The van der Waals surface area contributed by atoms with Crippen LogP contribution >= 0.6 is 0 Å². The Hall–Kier alpha value is -3.41. The van der Waals surface area contributed by atoms with Crippen LogP contribution in [0.3, 0.4) is 0 Å². The minimum atomic E-state index is 0.680. The van der Waals surface area contributed by atoms with Gasteiger partial charge in [-0.05, 0) is 31.4 Å². The lowest BCUT2D eigenvalue weighted by Gasteiger charge is -2.16. The third-order valence-corrected chi connectivity index (χ3v) is 5.43. The van der Waals surface area contributed by atoms with Crippen molar-refractivity contribution in [2.24, 2.45) is 0 Å². The van der Waals surface area contributed by atoms with E-state index in [1.807, 2.05) is 42.0 Å². The van der Waals surface area contributed by atoms with Gasteiger partial charge in [-0.15, -0.1) is 0 Å². The number of nitrogens with one attached hydrogen (secondary N) is 1. The van der Waals surface area contributed by atoms with Gasteiger partial charge < -0.3 is 10.2 Å². The molecule has 29 heavy (non-hydrogen) atoms. The molecule has 0 amide bonds. The number of hydrogen-bond acceptors (Lipinski definition) is 5. The van der Waals surface area contributed by atoms with Gasteiger partial charge in [0.1, 0.15) is 11.6 Å². The minimum Gasteiger partial charge on any atom is -0.366 e.